The van der Waals surface area contributed by atoms with Gasteiger partial charge in [0.1, 0.15) is 6.29 Å². The highest BCUT2D eigenvalue weighted by Gasteiger charge is 2.18. The highest BCUT2D eigenvalue weighted by Crippen LogP contribution is 2.17. The Morgan fingerprint density at radius 3 is 2.61 bits per heavy atom. The Kier molecular flexibility index (Phi) is 4.48. The minimum atomic E-state index is -0.256. The molecule has 0 spiro atoms. The predicted molar refractivity (Wildman–Crippen MR) is 73.1 cm³/mol. The van der Waals surface area contributed by atoms with E-state index in [-0.39, 0.29) is 11.6 Å². The Labute approximate surface area is 108 Å². The van der Waals surface area contributed by atoms with Gasteiger partial charge in [-0.25, -0.2) is 4.79 Å². The van der Waals surface area contributed by atoms with Gasteiger partial charge in [-0.1, -0.05) is 19.1 Å². The number of hydrogen-bond donors (Lipinski definition) is 2. The average Bonchev–Trinajstić information content (AvgIpc) is 2.31. The summed E-state index contributed by atoms with van der Waals surface area (Å²) in [6.07, 6.45) is 1.63. The summed E-state index contributed by atoms with van der Waals surface area (Å²) in [5, 5.41) is 5.65. The van der Waals surface area contributed by atoms with E-state index < -0.39 is 0 Å². The smallest absolute Gasteiger partial charge is 0.319 e. The van der Waals surface area contributed by atoms with Crippen molar-refractivity contribution in [3.8, 4) is 0 Å². The van der Waals surface area contributed by atoms with Gasteiger partial charge in [-0.15, -0.1) is 0 Å². The summed E-state index contributed by atoms with van der Waals surface area (Å²) in [4.78, 5) is 22.6. The van der Waals surface area contributed by atoms with Gasteiger partial charge in [0.2, 0.25) is 0 Å². The van der Waals surface area contributed by atoms with Crippen LogP contribution in [0.15, 0.2) is 18.2 Å². The van der Waals surface area contributed by atoms with Crippen LogP contribution in [-0.4, -0.2) is 17.9 Å². The van der Waals surface area contributed by atoms with E-state index in [2.05, 4.69) is 10.6 Å². The van der Waals surface area contributed by atoms with Crippen molar-refractivity contribution in [1.29, 1.82) is 0 Å². The summed E-state index contributed by atoms with van der Waals surface area (Å²) in [5.41, 5.74) is 1.77. The van der Waals surface area contributed by atoms with E-state index in [0.29, 0.717) is 11.3 Å². The Morgan fingerprint density at radius 2 is 2.06 bits per heavy atom. The van der Waals surface area contributed by atoms with E-state index >= 15 is 0 Å². The maximum absolute atomic E-state index is 11.8. The summed E-state index contributed by atoms with van der Waals surface area (Å²) >= 11 is 0. The van der Waals surface area contributed by atoms with Gasteiger partial charge in [0, 0.05) is 16.8 Å². The van der Waals surface area contributed by atoms with Crippen molar-refractivity contribution < 1.29 is 9.59 Å². The van der Waals surface area contributed by atoms with E-state index in [1.54, 1.807) is 18.2 Å². The molecule has 0 aliphatic rings. The summed E-state index contributed by atoms with van der Waals surface area (Å²) in [7, 11) is 0. The van der Waals surface area contributed by atoms with Crippen LogP contribution in [0.25, 0.3) is 0 Å². The summed E-state index contributed by atoms with van der Waals surface area (Å²) in [6, 6.07) is 4.99. The minimum absolute atomic E-state index is 0.250. The third-order valence-electron chi connectivity index (χ3n) is 3.09. The van der Waals surface area contributed by atoms with Gasteiger partial charge < -0.3 is 10.6 Å². The second-order valence-electron chi connectivity index (χ2n) is 4.95. The minimum Gasteiger partial charge on any atom is -0.333 e. The molecule has 0 atom stereocenters. The molecule has 0 radical (unpaired) electrons. The molecular formula is C14H20N2O2. The van der Waals surface area contributed by atoms with Crippen LogP contribution in [0.5, 0.6) is 0 Å². The van der Waals surface area contributed by atoms with Crippen LogP contribution in [0.1, 0.15) is 43.1 Å². The number of carbonyl (C=O) groups is 2. The predicted octanol–water partition coefficient (Wildman–Crippen LogP) is 3.12. The third kappa shape index (κ3) is 3.58. The van der Waals surface area contributed by atoms with Crippen molar-refractivity contribution in [2.24, 2.45) is 0 Å². The lowest BCUT2D eigenvalue weighted by Crippen LogP contribution is -2.45. The number of carbonyl (C=O) groups excluding carboxylic acids is 2. The maximum Gasteiger partial charge on any atom is 0.319 e. The van der Waals surface area contributed by atoms with Crippen molar-refractivity contribution in [3.05, 3.63) is 29.3 Å². The fourth-order valence-electron chi connectivity index (χ4n) is 1.47. The molecule has 0 aromatic heterocycles. The third-order valence-corrected chi connectivity index (χ3v) is 3.09. The quantitative estimate of drug-likeness (QED) is 0.804. The van der Waals surface area contributed by atoms with Crippen LogP contribution in [-0.2, 0) is 0 Å². The van der Waals surface area contributed by atoms with Crippen molar-refractivity contribution in [1.82, 2.24) is 5.32 Å². The molecule has 0 fully saturated rings. The van der Waals surface area contributed by atoms with Gasteiger partial charge in [-0.05, 0) is 38.8 Å². The SMILES string of the molecule is CCC(C)(C)NC(=O)Nc1cccc(C=O)c1C. The Hall–Kier alpha value is -1.84. The lowest BCUT2D eigenvalue weighted by atomic mass is 10.0. The van der Waals surface area contributed by atoms with Crippen LogP contribution >= 0.6 is 0 Å². The molecule has 0 unspecified atom stereocenters. The van der Waals surface area contributed by atoms with E-state index in [9.17, 15) is 9.59 Å². The van der Waals surface area contributed by atoms with Crippen molar-refractivity contribution in [3.63, 3.8) is 0 Å². The molecular weight excluding hydrogens is 228 g/mol. The van der Waals surface area contributed by atoms with E-state index in [1.165, 1.54) is 0 Å². The fraction of sp³-hybridized carbons (Fsp3) is 0.429. The first-order chi connectivity index (χ1) is 8.39. The molecule has 0 aliphatic carbocycles. The highest BCUT2D eigenvalue weighted by atomic mass is 16.2. The summed E-state index contributed by atoms with van der Waals surface area (Å²) in [5.74, 6) is 0. The molecule has 4 nitrogen and oxygen atoms in total. The molecule has 0 heterocycles. The number of urea groups is 1. The van der Waals surface area contributed by atoms with Gasteiger partial charge in [0.15, 0.2) is 0 Å². The van der Waals surface area contributed by atoms with Crippen LogP contribution in [0, 0.1) is 6.92 Å². The molecule has 0 saturated carbocycles. The maximum atomic E-state index is 11.8. The summed E-state index contributed by atoms with van der Waals surface area (Å²) < 4.78 is 0. The molecule has 1 rings (SSSR count). The van der Waals surface area contributed by atoms with Crippen molar-refractivity contribution >= 4 is 18.0 Å². The zero-order valence-corrected chi connectivity index (χ0v) is 11.3. The zero-order chi connectivity index (χ0) is 13.8. The number of anilines is 1. The van der Waals surface area contributed by atoms with Crippen LogP contribution in [0.2, 0.25) is 0 Å². The van der Waals surface area contributed by atoms with E-state index in [4.69, 9.17) is 0 Å². The largest absolute Gasteiger partial charge is 0.333 e. The molecule has 4 heteroatoms. The Bertz CT molecular complexity index is 453. The molecule has 0 aliphatic heterocycles. The Balaban J connectivity index is 2.80. The lowest BCUT2D eigenvalue weighted by Gasteiger charge is -2.24. The number of hydrogen-bond acceptors (Lipinski definition) is 2. The summed E-state index contributed by atoms with van der Waals surface area (Å²) in [6.45, 7) is 7.74. The van der Waals surface area contributed by atoms with Crippen molar-refractivity contribution in [2.45, 2.75) is 39.7 Å². The van der Waals surface area contributed by atoms with Crippen LogP contribution < -0.4 is 10.6 Å². The molecule has 0 saturated heterocycles. The number of benzene rings is 1. The first-order valence-electron chi connectivity index (χ1n) is 6.03. The van der Waals surface area contributed by atoms with Gasteiger partial charge in [0.25, 0.3) is 0 Å². The number of nitrogens with one attached hydrogen (secondary N) is 2. The average molecular weight is 248 g/mol. The fourth-order valence-corrected chi connectivity index (χ4v) is 1.47. The molecule has 18 heavy (non-hydrogen) atoms. The first kappa shape index (κ1) is 14.2. The van der Waals surface area contributed by atoms with Crippen LogP contribution in [0.3, 0.4) is 0 Å². The first-order valence-corrected chi connectivity index (χ1v) is 6.03. The molecule has 2 amide bonds. The highest BCUT2D eigenvalue weighted by molar-refractivity contribution is 5.92. The van der Waals surface area contributed by atoms with Gasteiger partial charge in [-0.3, -0.25) is 4.79 Å². The molecule has 2 N–H and O–H groups in total. The standard InChI is InChI=1S/C14H20N2O2/c1-5-14(3,4)16-13(18)15-12-8-6-7-11(9-17)10(12)2/h6-9H,5H2,1-4H3,(H2,15,16,18). The topological polar surface area (TPSA) is 58.2 Å². The van der Waals surface area contributed by atoms with Gasteiger partial charge in [-0.2, -0.15) is 0 Å². The van der Waals surface area contributed by atoms with E-state index in [0.717, 1.165) is 18.3 Å². The second-order valence-corrected chi connectivity index (χ2v) is 4.95. The van der Waals surface area contributed by atoms with Gasteiger partial charge >= 0.3 is 6.03 Å². The van der Waals surface area contributed by atoms with Crippen LogP contribution in [0.4, 0.5) is 10.5 Å². The molecule has 1 aromatic carbocycles. The number of amides is 2. The lowest BCUT2D eigenvalue weighted by molar-refractivity contribution is 0.112. The number of aldehydes is 1. The normalized spacial score (nSPS) is 10.9. The monoisotopic (exact) mass is 248 g/mol. The molecule has 1 aromatic rings. The van der Waals surface area contributed by atoms with Gasteiger partial charge in [0.05, 0.1) is 0 Å². The van der Waals surface area contributed by atoms with Crippen molar-refractivity contribution in [2.75, 3.05) is 5.32 Å². The Morgan fingerprint density at radius 1 is 1.39 bits per heavy atom. The molecule has 98 valence electrons. The van der Waals surface area contributed by atoms with E-state index in [1.807, 2.05) is 27.7 Å². The second kappa shape index (κ2) is 5.67. The molecule has 0 bridgehead atoms. The zero-order valence-electron chi connectivity index (χ0n) is 11.3. The number of rotatable bonds is 4.